The molecule has 46 heavy (non-hydrogen) atoms. The van der Waals surface area contributed by atoms with Crippen molar-refractivity contribution in [1.82, 2.24) is 14.5 Å². The van der Waals surface area contributed by atoms with Gasteiger partial charge < -0.3 is 4.42 Å². The van der Waals surface area contributed by atoms with Gasteiger partial charge in [0.2, 0.25) is 5.95 Å². The van der Waals surface area contributed by atoms with Crippen molar-refractivity contribution in [3.05, 3.63) is 152 Å². The van der Waals surface area contributed by atoms with Crippen molar-refractivity contribution >= 4 is 65.3 Å². The SMILES string of the molecule is c1ccc2cc(-c3cc(-c4ccc5ccccc5c4)nc(-n4c5ccccc5c5c6oc7ccccc7c6ccc54)n3)ccc2c1. The van der Waals surface area contributed by atoms with Crippen molar-refractivity contribution in [2.75, 3.05) is 0 Å². The van der Waals surface area contributed by atoms with Crippen molar-refractivity contribution in [3.8, 4) is 28.5 Å². The smallest absolute Gasteiger partial charge is 0.235 e. The Balaban J connectivity index is 1.29. The van der Waals surface area contributed by atoms with E-state index in [1.165, 1.54) is 21.5 Å². The summed E-state index contributed by atoms with van der Waals surface area (Å²) in [6.45, 7) is 0. The van der Waals surface area contributed by atoms with Gasteiger partial charge >= 0.3 is 0 Å². The first-order valence-corrected chi connectivity index (χ1v) is 15.5. The van der Waals surface area contributed by atoms with E-state index in [1.54, 1.807) is 0 Å². The number of hydrogen-bond acceptors (Lipinski definition) is 3. The molecule has 0 fully saturated rings. The highest BCUT2D eigenvalue weighted by atomic mass is 16.3. The predicted molar refractivity (Wildman–Crippen MR) is 190 cm³/mol. The summed E-state index contributed by atoms with van der Waals surface area (Å²) in [6.07, 6.45) is 0. The van der Waals surface area contributed by atoms with E-state index in [0.717, 1.165) is 66.3 Å². The van der Waals surface area contributed by atoms with Gasteiger partial charge in [0.25, 0.3) is 0 Å². The quantitative estimate of drug-likeness (QED) is 0.207. The first kappa shape index (κ1) is 25.1. The van der Waals surface area contributed by atoms with E-state index in [0.29, 0.717) is 5.95 Å². The summed E-state index contributed by atoms with van der Waals surface area (Å²) in [4.78, 5) is 10.6. The van der Waals surface area contributed by atoms with Gasteiger partial charge in [-0.15, -0.1) is 0 Å². The third-order valence-corrected chi connectivity index (χ3v) is 9.18. The zero-order valence-corrected chi connectivity index (χ0v) is 24.7. The second-order valence-corrected chi connectivity index (χ2v) is 11.8. The molecule has 0 atom stereocenters. The van der Waals surface area contributed by atoms with Crippen LogP contribution in [0.25, 0.3) is 93.8 Å². The number of furan rings is 1. The molecule has 0 radical (unpaired) electrons. The van der Waals surface area contributed by atoms with Crippen molar-refractivity contribution < 1.29 is 4.42 Å². The second-order valence-electron chi connectivity index (χ2n) is 11.8. The van der Waals surface area contributed by atoms with Crippen molar-refractivity contribution in [3.63, 3.8) is 0 Å². The van der Waals surface area contributed by atoms with Gasteiger partial charge in [-0.05, 0) is 64.0 Å². The lowest BCUT2D eigenvalue weighted by Crippen LogP contribution is -2.04. The fraction of sp³-hybridized carbons (Fsp3) is 0. The maximum Gasteiger partial charge on any atom is 0.235 e. The predicted octanol–water partition coefficient (Wildman–Crippen LogP) is 11.1. The lowest BCUT2D eigenvalue weighted by atomic mass is 10.0. The number of nitrogens with zero attached hydrogens (tertiary/aromatic N) is 3. The molecule has 0 amide bonds. The Labute approximate surface area is 263 Å². The van der Waals surface area contributed by atoms with E-state index in [1.807, 2.05) is 12.1 Å². The number of aromatic nitrogens is 3. The van der Waals surface area contributed by atoms with E-state index in [2.05, 4.69) is 144 Å². The van der Waals surface area contributed by atoms with Gasteiger partial charge in [-0.1, -0.05) is 109 Å². The molecule has 214 valence electrons. The minimum atomic E-state index is 0.621. The number of fused-ring (bicyclic) bond motifs is 9. The standard InChI is InChI=1S/C42H25N3O/c1-3-11-28-23-30(19-17-26(28)9-1)35-25-36(31-20-18-27-10-2-4-12-29(27)24-31)44-42(43-35)45-37-15-7-5-14-34(37)40-38(45)22-21-33-32-13-6-8-16-39(32)46-41(33)40/h1-25H. The van der Waals surface area contributed by atoms with Crippen LogP contribution >= 0.6 is 0 Å². The maximum absolute atomic E-state index is 6.54. The zero-order chi connectivity index (χ0) is 30.2. The molecule has 10 rings (SSSR count). The Bertz CT molecular complexity index is 2730. The lowest BCUT2D eigenvalue weighted by molar-refractivity contribution is 0.673. The summed E-state index contributed by atoms with van der Waals surface area (Å²) in [7, 11) is 0. The molecule has 4 nitrogen and oxygen atoms in total. The minimum Gasteiger partial charge on any atom is -0.455 e. The Morgan fingerprint density at radius 3 is 1.72 bits per heavy atom. The molecular formula is C42H25N3O. The summed E-state index contributed by atoms with van der Waals surface area (Å²) in [5, 5.41) is 9.15. The fourth-order valence-corrected chi connectivity index (χ4v) is 6.98. The van der Waals surface area contributed by atoms with Gasteiger partial charge in [-0.25, -0.2) is 9.97 Å². The Kier molecular flexibility index (Phi) is 5.25. The summed E-state index contributed by atoms with van der Waals surface area (Å²) in [5.41, 5.74) is 7.64. The average molecular weight is 588 g/mol. The molecule has 0 bridgehead atoms. The molecular weight excluding hydrogens is 562 g/mol. The van der Waals surface area contributed by atoms with Crippen LogP contribution in [0.5, 0.6) is 0 Å². The van der Waals surface area contributed by atoms with Crippen LogP contribution in [0.2, 0.25) is 0 Å². The monoisotopic (exact) mass is 587 g/mol. The van der Waals surface area contributed by atoms with Gasteiger partial charge in [0.1, 0.15) is 11.2 Å². The van der Waals surface area contributed by atoms with Crippen LogP contribution < -0.4 is 0 Å². The molecule has 7 aromatic carbocycles. The minimum absolute atomic E-state index is 0.621. The Morgan fingerprint density at radius 2 is 1.02 bits per heavy atom. The largest absolute Gasteiger partial charge is 0.455 e. The van der Waals surface area contributed by atoms with Crippen LogP contribution in [0, 0.1) is 0 Å². The van der Waals surface area contributed by atoms with E-state index in [9.17, 15) is 0 Å². The Hall–Kier alpha value is -6.26. The summed E-state index contributed by atoms with van der Waals surface area (Å²) in [6, 6.07) is 53.1. The van der Waals surface area contributed by atoms with Crippen LogP contribution in [0.4, 0.5) is 0 Å². The van der Waals surface area contributed by atoms with Crippen LogP contribution in [-0.2, 0) is 0 Å². The first-order valence-electron chi connectivity index (χ1n) is 15.5. The summed E-state index contributed by atoms with van der Waals surface area (Å²) in [5.74, 6) is 0.621. The molecule has 0 aliphatic heterocycles. The maximum atomic E-state index is 6.54. The number of benzene rings is 7. The van der Waals surface area contributed by atoms with Gasteiger partial charge in [-0.3, -0.25) is 4.57 Å². The average Bonchev–Trinajstić information content (AvgIpc) is 3.67. The van der Waals surface area contributed by atoms with Gasteiger partial charge in [0.05, 0.1) is 27.8 Å². The van der Waals surface area contributed by atoms with Crippen LogP contribution in [0.15, 0.2) is 156 Å². The van der Waals surface area contributed by atoms with E-state index >= 15 is 0 Å². The van der Waals surface area contributed by atoms with Gasteiger partial charge in [0, 0.05) is 27.3 Å². The molecule has 0 saturated heterocycles. The molecule has 10 aromatic rings. The number of para-hydroxylation sites is 2. The highest BCUT2D eigenvalue weighted by Gasteiger charge is 2.21. The lowest BCUT2D eigenvalue weighted by Gasteiger charge is -2.12. The summed E-state index contributed by atoms with van der Waals surface area (Å²) < 4.78 is 8.72. The van der Waals surface area contributed by atoms with E-state index in [-0.39, 0.29) is 0 Å². The van der Waals surface area contributed by atoms with Crippen LogP contribution in [-0.4, -0.2) is 14.5 Å². The number of rotatable bonds is 3. The molecule has 0 N–H and O–H groups in total. The molecule has 0 unspecified atom stereocenters. The van der Waals surface area contributed by atoms with Crippen molar-refractivity contribution in [2.45, 2.75) is 0 Å². The van der Waals surface area contributed by atoms with E-state index in [4.69, 9.17) is 14.4 Å². The van der Waals surface area contributed by atoms with E-state index < -0.39 is 0 Å². The molecule has 0 aliphatic carbocycles. The molecule has 0 spiro atoms. The van der Waals surface area contributed by atoms with Gasteiger partial charge in [-0.2, -0.15) is 0 Å². The molecule has 3 aromatic heterocycles. The van der Waals surface area contributed by atoms with Crippen LogP contribution in [0.3, 0.4) is 0 Å². The number of hydrogen-bond donors (Lipinski definition) is 0. The molecule has 0 aliphatic rings. The van der Waals surface area contributed by atoms with Gasteiger partial charge in [0.15, 0.2) is 0 Å². The highest BCUT2D eigenvalue weighted by Crippen LogP contribution is 2.40. The second kappa shape index (κ2) is 9.62. The molecule has 4 heteroatoms. The molecule has 0 saturated carbocycles. The highest BCUT2D eigenvalue weighted by molar-refractivity contribution is 6.23. The van der Waals surface area contributed by atoms with Crippen LogP contribution in [0.1, 0.15) is 0 Å². The first-order chi connectivity index (χ1) is 22.8. The fourth-order valence-electron chi connectivity index (χ4n) is 6.98. The zero-order valence-electron chi connectivity index (χ0n) is 24.7. The summed E-state index contributed by atoms with van der Waals surface area (Å²) >= 11 is 0. The Morgan fingerprint density at radius 1 is 0.435 bits per heavy atom. The van der Waals surface area contributed by atoms with Crippen molar-refractivity contribution in [1.29, 1.82) is 0 Å². The normalized spacial score (nSPS) is 11.9. The van der Waals surface area contributed by atoms with Crippen molar-refractivity contribution in [2.24, 2.45) is 0 Å². The molecule has 3 heterocycles. The third kappa shape index (κ3) is 3.74. The third-order valence-electron chi connectivity index (χ3n) is 9.18. The topological polar surface area (TPSA) is 43.9 Å².